The Labute approximate surface area is 82.6 Å². The predicted molar refractivity (Wildman–Crippen MR) is 54.9 cm³/mol. The molecule has 0 saturated carbocycles. The van der Waals surface area contributed by atoms with E-state index >= 15 is 0 Å². The summed E-state index contributed by atoms with van der Waals surface area (Å²) in [6.07, 6.45) is 4.09. The van der Waals surface area contributed by atoms with Crippen LogP contribution in [0.5, 0.6) is 0 Å². The van der Waals surface area contributed by atoms with Gasteiger partial charge in [-0.1, -0.05) is 17.7 Å². The monoisotopic (exact) mass is 191 g/mol. The topological polar surface area (TPSA) is 67.5 Å². The highest BCUT2D eigenvalue weighted by molar-refractivity contribution is 5.98. The number of nitrogens with two attached hydrogens (primary N) is 1. The van der Waals surface area contributed by atoms with Gasteiger partial charge in [0.25, 0.3) is 0 Å². The first kappa shape index (κ1) is 8.99. The third-order valence-electron chi connectivity index (χ3n) is 2.60. The van der Waals surface area contributed by atoms with E-state index < -0.39 is 0 Å². The van der Waals surface area contributed by atoms with E-state index in [1.54, 1.807) is 0 Å². The van der Waals surface area contributed by atoms with Gasteiger partial charge in [0.1, 0.15) is 5.84 Å². The summed E-state index contributed by atoms with van der Waals surface area (Å²) in [6.45, 7) is 4.01. The van der Waals surface area contributed by atoms with E-state index in [1.165, 1.54) is 0 Å². The normalized spacial score (nSPS) is 31.0. The summed E-state index contributed by atoms with van der Waals surface area (Å²) in [7, 11) is 0. The Balaban J connectivity index is 2.42. The van der Waals surface area contributed by atoms with Crippen molar-refractivity contribution in [3.8, 4) is 0 Å². The molecule has 2 amide bonds. The second kappa shape index (κ2) is 2.97. The predicted octanol–water partition coefficient (Wildman–Crippen LogP) is 0.958. The average Bonchev–Trinajstić information content (AvgIpc) is 2.07. The molecule has 1 aliphatic heterocycles. The lowest BCUT2D eigenvalue weighted by Crippen LogP contribution is -2.50. The first-order valence-electron chi connectivity index (χ1n) is 4.59. The van der Waals surface area contributed by atoms with Gasteiger partial charge in [-0.15, -0.1) is 0 Å². The molecule has 4 heteroatoms. The highest BCUT2D eigenvalue weighted by atomic mass is 16.2. The summed E-state index contributed by atoms with van der Waals surface area (Å²) in [4.78, 5) is 14.8. The quantitative estimate of drug-likeness (QED) is 0.598. The highest BCUT2D eigenvalue weighted by Crippen LogP contribution is 2.25. The van der Waals surface area contributed by atoms with Gasteiger partial charge in [-0.25, -0.2) is 4.79 Å². The molecule has 0 aromatic heterocycles. The largest absolute Gasteiger partial charge is 0.386 e. The van der Waals surface area contributed by atoms with Gasteiger partial charge >= 0.3 is 6.03 Å². The number of urea groups is 1. The molecule has 0 bridgehead atoms. The number of nitrogens with zero attached hydrogens (tertiary/aromatic N) is 1. The summed E-state index contributed by atoms with van der Waals surface area (Å²) < 4.78 is 0. The summed E-state index contributed by atoms with van der Waals surface area (Å²) in [6, 6.07) is -0.354. The van der Waals surface area contributed by atoms with Crippen LogP contribution in [-0.4, -0.2) is 17.9 Å². The number of hydrogen-bond acceptors (Lipinski definition) is 2. The van der Waals surface area contributed by atoms with Crippen molar-refractivity contribution in [3.05, 3.63) is 23.3 Å². The minimum atomic E-state index is -0.343. The second-order valence-corrected chi connectivity index (χ2v) is 3.79. The fraction of sp³-hybridized carbons (Fsp3) is 0.400. The van der Waals surface area contributed by atoms with Crippen LogP contribution >= 0.6 is 0 Å². The van der Waals surface area contributed by atoms with E-state index in [-0.39, 0.29) is 18.0 Å². The van der Waals surface area contributed by atoms with Gasteiger partial charge in [0.2, 0.25) is 0 Å². The molecular formula is C10H13N3O. The maximum Gasteiger partial charge on any atom is 0.343 e. The van der Waals surface area contributed by atoms with Crippen LogP contribution < -0.4 is 11.1 Å². The molecule has 2 rings (SSSR count). The summed E-state index contributed by atoms with van der Waals surface area (Å²) in [5, 5.41) is 2.80. The molecule has 74 valence electrons. The maximum absolute atomic E-state index is 11.1. The van der Waals surface area contributed by atoms with E-state index in [0.717, 1.165) is 11.1 Å². The van der Waals surface area contributed by atoms with Crippen LogP contribution in [0.3, 0.4) is 0 Å². The van der Waals surface area contributed by atoms with Gasteiger partial charge in [0.05, 0.1) is 12.0 Å². The third-order valence-corrected chi connectivity index (χ3v) is 2.60. The number of hydrogen-bond donors (Lipinski definition) is 2. The Morgan fingerprint density at radius 2 is 2.21 bits per heavy atom. The summed E-state index contributed by atoms with van der Waals surface area (Å²) in [5.74, 6) is 0.434. The van der Waals surface area contributed by atoms with Crippen molar-refractivity contribution in [2.24, 2.45) is 16.6 Å². The van der Waals surface area contributed by atoms with Crippen LogP contribution in [0.1, 0.15) is 13.8 Å². The Morgan fingerprint density at radius 3 is 2.93 bits per heavy atom. The molecule has 1 unspecified atom stereocenters. The van der Waals surface area contributed by atoms with Crippen molar-refractivity contribution >= 4 is 11.9 Å². The fourth-order valence-electron chi connectivity index (χ4n) is 1.98. The molecule has 0 spiro atoms. The lowest BCUT2D eigenvalue weighted by molar-refractivity contribution is 0.243. The number of carbonyl (C=O) groups excluding carboxylic acids is 1. The smallest absolute Gasteiger partial charge is 0.343 e. The Morgan fingerprint density at radius 1 is 1.50 bits per heavy atom. The van der Waals surface area contributed by atoms with Gasteiger partial charge < -0.3 is 11.1 Å². The fourth-order valence-corrected chi connectivity index (χ4v) is 1.98. The second-order valence-electron chi connectivity index (χ2n) is 3.79. The number of amides is 2. The van der Waals surface area contributed by atoms with E-state index in [1.807, 2.05) is 19.9 Å². The molecule has 0 radical (unpaired) electrons. The minimum Gasteiger partial charge on any atom is -0.386 e. The van der Waals surface area contributed by atoms with Gasteiger partial charge in [0, 0.05) is 0 Å². The van der Waals surface area contributed by atoms with Gasteiger partial charge in [-0.05, 0) is 19.4 Å². The Hall–Kier alpha value is -1.58. The van der Waals surface area contributed by atoms with E-state index in [0.29, 0.717) is 5.84 Å². The number of amidine groups is 1. The zero-order chi connectivity index (χ0) is 10.3. The number of aliphatic imine (C=N–C) groups is 1. The van der Waals surface area contributed by atoms with Crippen LogP contribution in [0.2, 0.25) is 0 Å². The molecule has 1 heterocycles. The zero-order valence-corrected chi connectivity index (χ0v) is 8.24. The third kappa shape index (κ3) is 1.32. The van der Waals surface area contributed by atoms with Crippen molar-refractivity contribution in [1.82, 2.24) is 5.32 Å². The lowest BCUT2D eigenvalue weighted by atomic mass is 9.85. The SMILES string of the molecule is CC1=C[C@H]2C(N)=NC(=O)NC2C(C)=C1. The zero-order valence-electron chi connectivity index (χ0n) is 8.24. The van der Waals surface area contributed by atoms with Crippen molar-refractivity contribution in [1.29, 1.82) is 0 Å². The molecule has 14 heavy (non-hydrogen) atoms. The van der Waals surface area contributed by atoms with Gasteiger partial charge in [0.15, 0.2) is 0 Å². The van der Waals surface area contributed by atoms with Crippen LogP contribution in [0.15, 0.2) is 28.3 Å². The molecule has 2 aliphatic rings. The van der Waals surface area contributed by atoms with E-state index in [2.05, 4.69) is 16.4 Å². The van der Waals surface area contributed by atoms with Crippen molar-refractivity contribution < 1.29 is 4.79 Å². The molecule has 0 saturated heterocycles. The Kier molecular flexibility index (Phi) is 1.91. The van der Waals surface area contributed by atoms with Gasteiger partial charge in [-0.3, -0.25) is 0 Å². The lowest BCUT2D eigenvalue weighted by Gasteiger charge is -2.32. The van der Waals surface area contributed by atoms with Crippen LogP contribution in [0, 0.1) is 5.92 Å². The van der Waals surface area contributed by atoms with Crippen LogP contribution in [-0.2, 0) is 0 Å². The molecule has 1 aliphatic carbocycles. The number of rotatable bonds is 0. The van der Waals surface area contributed by atoms with Crippen molar-refractivity contribution in [2.75, 3.05) is 0 Å². The average molecular weight is 191 g/mol. The van der Waals surface area contributed by atoms with Crippen molar-refractivity contribution in [3.63, 3.8) is 0 Å². The standard InChI is InChI=1S/C10H13N3O/c1-5-3-6(2)8-7(4-5)9(11)13-10(14)12-8/h3-4,7-8H,1-2H3,(H3,11,12,13,14)/t7-,8?/m1/s1. The number of allylic oxidation sites excluding steroid dienone is 2. The maximum atomic E-state index is 11.1. The summed E-state index contributed by atoms with van der Waals surface area (Å²) >= 11 is 0. The molecule has 0 aromatic carbocycles. The molecule has 0 fully saturated rings. The van der Waals surface area contributed by atoms with Gasteiger partial charge in [-0.2, -0.15) is 4.99 Å². The highest BCUT2D eigenvalue weighted by Gasteiger charge is 2.32. The minimum absolute atomic E-state index is 0.0105. The molecular weight excluding hydrogens is 178 g/mol. The first-order chi connectivity index (χ1) is 6.58. The van der Waals surface area contributed by atoms with Crippen LogP contribution in [0.4, 0.5) is 4.79 Å². The van der Waals surface area contributed by atoms with E-state index in [9.17, 15) is 4.79 Å². The molecule has 4 nitrogen and oxygen atoms in total. The number of fused-ring (bicyclic) bond motifs is 1. The first-order valence-corrected chi connectivity index (χ1v) is 4.59. The Bertz CT molecular complexity index is 379. The van der Waals surface area contributed by atoms with Crippen molar-refractivity contribution in [2.45, 2.75) is 19.9 Å². The molecule has 3 N–H and O–H groups in total. The number of nitrogens with one attached hydrogen (secondary N) is 1. The number of carbonyl (C=O) groups is 1. The van der Waals surface area contributed by atoms with E-state index in [4.69, 9.17) is 5.73 Å². The summed E-state index contributed by atoms with van der Waals surface area (Å²) in [5.41, 5.74) is 8.01. The molecule has 0 aromatic rings. The molecule has 2 atom stereocenters. The van der Waals surface area contributed by atoms with Crippen LogP contribution in [0.25, 0.3) is 0 Å².